The van der Waals surface area contributed by atoms with Crippen LogP contribution in [0.4, 0.5) is 0 Å². The van der Waals surface area contributed by atoms with E-state index < -0.39 is 0 Å². The molecule has 0 heterocycles. The Kier molecular flexibility index (Phi) is 4.02. The van der Waals surface area contributed by atoms with Crippen LogP contribution in [0.5, 0.6) is 0 Å². The van der Waals surface area contributed by atoms with Crippen molar-refractivity contribution >= 4 is 0 Å². The van der Waals surface area contributed by atoms with Crippen LogP contribution in [0.2, 0.25) is 0 Å². The largest absolute Gasteiger partial charge is 0.312 e. The molecule has 2 rings (SSSR count). The number of hydrogen-bond donors (Lipinski definition) is 1. The molecule has 84 valence electrons. The highest BCUT2D eigenvalue weighted by molar-refractivity contribution is 4.94. The fraction of sp³-hybridized carbons (Fsp3) is 0.923. The quantitative estimate of drug-likeness (QED) is 0.721. The minimum absolute atomic E-state index is 0.271. The van der Waals surface area contributed by atoms with Crippen LogP contribution in [0.1, 0.15) is 51.4 Å². The van der Waals surface area contributed by atoms with Crippen molar-refractivity contribution in [2.24, 2.45) is 11.8 Å². The first-order valence-electron chi connectivity index (χ1n) is 6.53. The van der Waals surface area contributed by atoms with E-state index in [2.05, 4.69) is 11.4 Å². The van der Waals surface area contributed by atoms with Crippen LogP contribution in [0.25, 0.3) is 0 Å². The maximum absolute atomic E-state index is 9.13. The van der Waals surface area contributed by atoms with E-state index in [1.54, 1.807) is 0 Å². The molecule has 0 saturated heterocycles. The van der Waals surface area contributed by atoms with Crippen LogP contribution in [0, 0.1) is 23.2 Å². The summed E-state index contributed by atoms with van der Waals surface area (Å²) in [5.74, 6) is 1.18. The van der Waals surface area contributed by atoms with Crippen LogP contribution in [0.3, 0.4) is 0 Å². The van der Waals surface area contributed by atoms with Gasteiger partial charge in [-0.25, -0.2) is 0 Å². The summed E-state index contributed by atoms with van der Waals surface area (Å²) in [7, 11) is 0. The van der Waals surface area contributed by atoms with E-state index in [-0.39, 0.29) is 5.92 Å². The topological polar surface area (TPSA) is 35.8 Å². The summed E-state index contributed by atoms with van der Waals surface area (Å²) in [5, 5.41) is 12.8. The van der Waals surface area contributed by atoms with Gasteiger partial charge < -0.3 is 5.32 Å². The smallest absolute Gasteiger partial charge is 0.0672 e. The third-order valence-corrected chi connectivity index (χ3v) is 4.08. The van der Waals surface area contributed by atoms with Gasteiger partial charge in [0.2, 0.25) is 0 Å². The van der Waals surface area contributed by atoms with Crippen LogP contribution < -0.4 is 5.32 Å². The summed E-state index contributed by atoms with van der Waals surface area (Å²) < 4.78 is 0. The molecule has 1 N–H and O–H groups in total. The molecule has 2 saturated carbocycles. The number of nitrogens with one attached hydrogen (secondary N) is 1. The summed E-state index contributed by atoms with van der Waals surface area (Å²) in [6, 6.07) is 2.98. The van der Waals surface area contributed by atoms with Gasteiger partial charge in [-0.05, 0) is 38.1 Å². The summed E-state index contributed by atoms with van der Waals surface area (Å²) in [5.41, 5.74) is 0. The Labute approximate surface area is 93.0 Å². The minimum atomic E-state index is 0.271. The van der Waals surface area contributed by atoms with Crippen molar-refractivity contribution in [3.8, 4) is 6.07 Å². The van der Waals surface area contributed by atoms with E-state index in [0.29, 0.717) is 6.04 Å². The van der Waals surface area contributed by atoms with Gasteiger partial charge in [-0.1, -0.05) is 25.7 Å². The van der Waals surface area contributed by atoms with Crippen molar-refractivity contribution in [3.63, 3.8) is 0 Å². The zero-order valence-electron chi connectivity index (χ0n) is 9.54. The van der Waals surface area contributed by atoms with Gasteiger partial charge >= 0.3 is 0 Å². The van der Waals surface area contributed by atoms with Gasteiger partial charge in [-0.3, -0.25) is 0 Å². The first-order valence-corrected chi connectivity index (χ1v) is 6.53. The Morgan fingerprint density at radius 3 is 2.47 bits per heavy atom. The van der Waals surface area contributed by atoms with Gasteiger partial charge in [-0.2, -0.15) is 5.26 Å². The Morgan fingerprint density at radius 1 is 1.00 bits per heavy atom. The lowest BCUT2D eigenvalue weighted by atomic mass is 9.85. The van der Waals surface area contributed by atoms with E-state index in [4.69, 9.17) is 5.26 Å². The predicted octanol–water partition coefficient (Wildman–Crippen LogP) is 2.85. The number of rotatable bonds is 3. The van der Waals surface area contributed by atoms with Crippen molar-refractivity contribution in [2.45, 2.75) is 57.4 Å². The Bertz CT molecular complexity index is 227. The molecule has 0 aromatic rings. The average Bonchev–Trinajstić information content (AvgIpc) is 2.40. The zero-order chi connectivity index (χ0) is 10.5. The molecule has 2 heteroatoms. The lowest BCUT2D eigenvalue weighted by molar-refractivity contribution is 0.272. The van der Waals surface area contributed by atoms with E-state index >= 15 is 0 Å². The summed E-state index contributed by atoms with van der Waals surface area (Å²) in [6.45, 7) is 1.16. The molecule has 0 amide bonds. The van der Waals surface area contributed by atoms with Crippen molar-refractivity contribution in [1.29, 1.82) is 5.26 Å². The molecule has 0 aliphatic heterocycles. The monoisotopic (exact) mass is 206 g/mol. The Hall–Kier alpha value is -0.550. The standard InChI is InChI=1S/C13H22N2/c14-9-12-7-2-1-3-8-13(12)15-10-11-5-4-6-11/h11-13,15H,1-8,10H2. The van der Waals surface area contributed by atoms with E-state index in [9.17, 15) is 0 Å². The summed E-state index contributed by atoms with van der Waals surface area (Å²) in [4.78, 5) is 0. The molecule has 0 bridgehead atoms. The molecular formula is C13H22N2. The number of hydrogen-bond acceptors (Lipinski definition) is 2. The molecule has 2 fully saturated rings. The second kappa shape index (κ2) is 5.51. The van der Waals surface area contributed by atoms with Gasteiger partial charge in [0, 0.05) is 6.04 Å². The fourth-order valence-corrected chi connectivity index (χ4v) is 2.72. The van der Waals surface area contributed by atoms with Crippen molar-refractivity contribution in [3.05, 3.63) is 0 Å². The lowest BCUT2D eigenvalue weighted by Crippen LogP contribution is -2.39. The molecule has 2 atom stereocenters. The fourth-order valence-electron chi connectivity index (χ4n) is 2.72. The third-order valence-electron chi connectivity index (χ3n) is 4.08. The van der Waals surface area contributed by atoms with E-state index in [1.165, 1.54) is 44.9 Å². The van der Waals surface area contributed by atoms with Crippen LogP contribution in [-0.2, 0) is 0 Å². The average molecular weight is 206 g/mol. The molecule has 2 aliphatic carbocycles. The van der Waals surface area contributed by atoms with Crippen molar-refractivity contribution < 1.29 is 0 Å². The van der Waals surface area contributed by atoms with Gasteiger partial charge in [0.25, 0.3) is 0 Å². The number of nitriles is 1. The second-order valence-corrected chi connectivity index (χ2v) is 5.19. The molecule has 2 aliphatic rings. The van der Waals surface area contributed by atoms with Crippen molar-refractivity contribution in [1.82, 2.24) is 5.32 Å². The predicted molar refractivity (Wildman–Crippen MR) is 61.3 cm³/mol. The minimum Gasteiger partial charge on any atom is -0.312 e. The second-order valence-electron chi connectivity index (χ2n) is 5.19. The van der Waals surface area contributed by atoms with Crippen LogP contribution in [-0.4, -0.2) is 12.6 Å². The molecule has 2 unspecified atom stereocenters. The molecule has 0 aromatic heterocycles. The number of nitrogens with zero attached hydrogens (tertiary/aromatic N) is 1. The zero-order valence-corrected chi connectivity index (χ0v) is 9.54. The maximum atomic E-state index is 9.13. The molecular weight excluding hydrogens is 184 g/mol. The van der Waals surface area contributed by atoms with Crippen LogP contribution >= 0.6 is 0 Å². The maximum Gasteiger partial charge on any atom is 0.0672 e. The lowest BCUT2D eigenvalue weighted by Gasteiger charge is -2.29. The van der Waals surface area contributed by atoms with Crippen molar-refractivity contribution in [2.75, 3.05) is 6.54 Å². The molecule has 15 heavy (non-hydrogen) atoms. The SMILES string of the molecule is N#CC1CCCCCC1NCC1CCC1. The first-order chi connectivity index (χ1) is 7.40. The van der Waals surface area contributed by atoms with Crippen LogP contribution in [0.15, 0.2) is 0 Å². The third kappa shape index (κ3) is 2.95. The van der Waals surface area contributed by atoms with Gasteiger partial charge in [-0.15, -0.1) is 0 Å². The summed E-state index contributed by atoms with van der Waals surface area (Å²) in [6.07, 6.45) is 10.4. The molecule has 0 radical (unpaired) electrons. The normalized spacial score (nSPS) is 32.7. The van der Waals surface area contributed by atoms with Gasteiger partial charge in [0.15, 0.2) is 0 Å². The highest BCUT2D eigenvalue weighted by Crippen LogP contribution is 2.27. The summed E-state index contributed by atoms with van der Waals surface area (Å²) >= 11 is 0. The Balaban J connectivity index is 1.78. The highest BCUT2D eigenvalue weighted by Gasteiger charge is 2.25. The Morgan fingerprint density at radius 2 is 1.80 bits per heavy atom. The molecule has 2 nitrogen and oxygen atoms in total. The highest BCUT2D eigenvalue weighted by atomic mass is 14.9. The van der Waals surface area contributed by atoms with E-state index in [1.807, 2.05) is 0 Å². The first kappa shape index (κ1) is 11.0. The van der Waals surface area contributed by atoms with Gasteiger partial charge in [0.1, 0.15) is 0 Å². The molecule has 0 aromatic carbocycles. The van der Waals surface area contributed by atoms with E-state index in [0.717, 1.165) is 18.9 Å². The molecule has 0 spiro atoms. The van der Waals surface area contributed by atoms with Gasteiger partial charge in [0.05, 0.1) is 12.0 Å².